The number of nitrogens with zero attached hydrogens (tertiary/aromatic N) is 1. The van der Waals surface area contributed by atoms with Crippen LogP contribution in [0.25, 0.3) is 0 Å². The van der Waals surface area contributed by atoms with Gasteiger partial charge < -0.3 is 9.32 Å². The van der Waals surface area contributed by atoms with E-state index in [2.05, 4.69) is 0 Å². The molecule has 1 unspecified atom stereocenters. The molecule has 2 aromatic rings. The molecule has 24 heavy (non-hydrogen) atoms. The lowest BCUT2D eigenvalue weighted by molar-refractivity contribution is 0.0764. The van der Waals surface area contributed by atoms with Crippen LogP contribution in [0.1, 0.15) is 27.6 Å². The Kier molecular flexibility index (Phi) is 4.99. The lowest BCUT2D eigenvalue weighted by Gasteiger charge is -2.20. The summed E-state index contributed by atoms with van der Waals surface area (Å²) in [5, 5.41) is -0.202. The maximum Gasteiger partial charge on any atom is 0.335 e. The Balaban J connectivity index is 1.73. The van der Waals surface area contributed by atoms with Crippen LogP contribution in [0.4, 0.5) is 8.78 Å². The molecule has 1 atom stereocenters. The summed E-state index contributed by atoms with van der Waals surface area (Å²) in [7, 11) is 0. The maximum absolute atomic E-state index is 13.9. The summed E-state index contributed by atoms with van der Waals surface area (Å²) < 4.78 is 32.1. The number of rotatable bonds is 2. The zero-order valence-corrected chi connectivity index (χ0v) is 13.5. The number of carbonyl (C=O) groups is 1. The Labute approximate surface area is 141 Å². The fourth-order valence-corrected chi connectivity index (χ4v) is 3.89. The van der Waals surface area contributed by atoms with Gasteiger partial charge in [-0.05, 0) is 30.7 Å². The molecule has 0 bridgehead atoms. The maximum atomic E-state index is 13.9. The van der Waals surface area contributed by atoms with Crippen LogP contribution in [0.3, 0.4) is 0 Å². The summed E-state index contributed by atoms with van der Waals surface area (Å²) in [6.07, 6.45) is 1.67. The summed E-state index contributed by atoms with van der Waals surface area (Å²) in [5.41, 5.74) is 0.120. The Bertz CT molecular complexity index is 788. The summed E-state index contributed by atoms with van der Waals surface area (Å²) >= 11 is 1.50. The molecule has 0 aliphatic carbocycles. The van der Waals surface area contributed by atoms with E-state index < -0.39 is 17.3 Å². The predicted octanol–water partition coefficient (Wildman–Crippen LogP) is 3.24. The minimum atomic E-state index is -0.514. The zero-order chi connectivity index (χ0) is 17.1. The first-order valence-electron chi connectivity index (χ1n) is 7.49. The van der Waals surface area contributed by atoms with Gasteiger partial charge in [0.2, 0.25) is 0 Å². The molecule has 1 aromatic carbocycles. The highest BCUT2D eigenvalue weighted by atomic mass is 32.2. The van der Waals surface area contributed by atoms with Crippen LogP contribution >= 0.6 is 11.8 Å². The van der Waals surface area contributed by atoms with Gasteiger partial charge in [0.15, 0.2) is 0 Å². The minimum absolute atomic E-state index is 0.202. The number of halogens is 2. The second-order valence-electron chi connectivity index (χ2n) is 5.45. The fraction of sp³-hybridized carbons (Fsp3) is 0.294. The number of amides is 1. The van der Waals surface area contributed by atoms with Gasteiger partial charge >= 0.3 is 5.63 Å². The smallest absolute Gasteiger partial charge is 0.335 e. The Morgan fingerprint density at radius 2 is 2.04 bits per heavy atom. The van der Waals surface area contributed by atoms with Crippen molar-refractivity contribution in [3.63, 3.8) is 0 Å². The fourth-order valence-electron chi connectivity index (χ4n) is 2.65. The van der Waals surface area contributed by atoms with E-state index >= 15 is 0 Å². The lowest BCUT2D eigenvalue weighted by atomic mass is 10.1. The highest BCUT2D eigenvalue weighted by molar-refractivity contribution is 7.99. The molecule has 0 radical (unpaired) electrons. The zero-order valence-electron chi connectivity index (χ0n) is 12.7. The molecule has 2 heterocycles. The lowest BCUT2D eigenvalue weighted by Crippen LogP contribution is -2.33. The van der Waals surface area contributed by atoms with Gasteiger partial charge in [0.1, 0.15) is 17.9 Å². The molecule has 1 amide bonds. The van der Waals surface area contributed by atoms with Crippen molar-refractivity contribution in [2.24, 2.45) is 0 Å². The topological polar surface area (TPSA) is 50.5 Å². The van der Waals surface area contributed by atoms with Gasteiger partial charge in [-0.1, -0.05) is 0 Å². The highest BCUT2D eigenvalue weighted by Crippen LogP contribution is 2.36. The van der Waals surface area contributed by atoms with Crippen molar-refractivity contribution in [3.8, 4) is 0 Å². The molecule has 0 N–H and O–H groups in total. The van der Waals surface area contributed by atoms with Crippen LogP contribution in [0.15, 0.2) is 45.8 Å². The number of thioether (sulfide) groups is 1. The van der Waals surface area contributed by atoms with Gasteiger partial charge in [0.25, 0.3) is 5.91 Å². The second-order valence-corrected chi connectivity index (χ2v) is 6.76. The van der Waals surface area contributed by atoms with Gasteiger partial charge in [-0.3, -0.25) is 4.79 Å². The molecule has 1 aromatic heterocycles. The summed E-state index contributed by atoms with van der Waals surface area (Å²) in [4.78, 5) is 25.1. The predicted molar refractivity (Wildman–Crippen MR) is 87.1 cm³/mol. The molecular weight excluding hydrogens is 336 g/mol. The van der Waals surface area contributed by atoms with E-state index in [1.807, 2.05) is 0 Å². The molecule has 3 rings (SSSR count). The first kappa shape index (κ1) is 16.7. The standard InChI is InChI=1S/C17H15F2NO3S/c18-12-2-3-14(19)13(9-12)15-5-6-20(7-8-24-15)17(22)11-1-4-16(21)23-10-11/h1-4,9-10,15H,5-8H2. The minimum Gasteiger partial charge on any atom is -0.430 e. The van der Waals surface area contributed by atoms with Crippen molar-refractivity contribution in [3.05, 3.63) is 69.8 Å². The van der Waals surface area contributed by atoms with Crippen LogP contribution in [0.2, 0.25) is 0 Å². The normalized spacial score (nSPS) is 18.2. The van der Waals surface area contributed by atoms with Crippen LogP contribution in [0, 0.1) is 11.6 Å². The highest BCUT2D eigenvalue weighted by Gasteiger charge is 2.25. The molecule has 0 spiro atoms. The van der Waals surface area contributed by atoms with Gasteiger partial charge in [-0.2, -0.15) is 11.8 Å². The van der Waals surface area contributed by atoms with Crippen molar-refractivity contribution >= 4 is 17.7 Å². The molecule has 1 saturated heterocycles. The van der Waals surface area contributed by atoms with Crippen molar-refractivity contribution in [2.75, 3.05) is 18.8 Å². The van der Waals surface area contributed by atoms with Crippen LogP contribution < -0.4 is 5.63 Å². The molecule has 1 aliphatic rings. The van der Waals surface area contributed by atoms with E-state index in [9.17, 15) is 18.4 Å². The molecule has 4 nitrogen and oxygen atoms in total. The first-order chi connectivity index (χ1) is 11.5. The van der Waals surface area contributed by atoms with E-state index in [-0.39, 0.29) is 11.2 Å². The van der Waals surface area contributed by atoms with Crippen LogP contribution in [-0.4, -0.2) is 29.6 Å². The summed E-state index contributed by atoms with van der Waals surface area (Å²) in [5.74, 6) is -0.523. The van der Waals surface area contributed by atoms with Crippen LogP contribution in [0.5, 0.6) is 0 Å². The van der Waals surface area contributed by atoms with Gasteiger partial charge in [0.05, 0.1) is 5.56 Å². The number of benzene rings is 1. The Hall–Kier alpha value is -2.15. The summed E-state index contributed by atoms with van der Waals surface area (Å²) in [6, 6.07) is 6.07. The average molecular weight is 351 g/mol. The first-order valence-corrected chi connectivity index (χ1v) is 8.54. The average Bonchev–Trinajstić information content (AvgIpc) is 2.83. The van der Waals surface area contributed by atoms with Crippen molar-refractivity contribution in [2.45, 2.75) is 11.7 Å². The van der Waals surface area contributed by atoms with Crippen molar-refractivity contribution < 1.29 is 18.0 Å². The Morgan fingerprint density at radius 1 is 1.21 bits per heavy atom. The monoisotopic (exact) mass is 351 g/mol. The molecule has 1 fully saturated rings. The summed E-state index contributed by atoms with van der Waals surface area (Å²) in [6.45, 7) is 0.918. The van der Waals surface area contributed by atoms with E-state index in [0.717, 1.165) is 18.4 Å². The quantitative estimate of drug-likeness (QED) is 0.833. The third-order valence-electron chi connectivity index (χ3n) is 3.88. The number of hydrogen-bond donors (Lipinski definition) is 0. The van der Waals surface area contributed by atoms with Gasteiger partial charge in [0, 0.05) is 35.7 Å². The van der Waals surface area contributed by atoms with Crippen molar-refractivity contribution in [1.82, 2.24) is 4.90 Å². The van der Waals surface area contributed by atoms with E-state index in [4.69, 9.17) is 4.42 Å². The Morgan fingerprint density at radius 3 is 2.79 bits per heavy atom. The molecule has 0 saturated carbocycles. The molecule has 126 valence electrons. The molecular formula is C17H15F2NO3S. The third-order valence-corrected chi connectivity index (χ3v) is 5.19. The van der Waals surface area contributed by atoms with E-state index in [1.54, 1.807) is 4.90 Å². The third kappa shape index (κ3) is 3.67. The molecule has 1 aliphatic heterocycles. The van der Waals surface area contributed by atoms with Gasteiger partial charge in [-0.25, -0.2) is 13.6 Å². The largest absolute Gasteiger partial charge is 0.430 e. The number of carbonyl (C=O) groups excluding carboxylic acids is 1. The van der Waals surface area contributed by atoms with Crippen molar-refractivity contribution in [1.29, 1.82) is 0 Å². The van der Waals surface area contributed by atoms with Gasteiger partial charge in [-0.15, -0.1) is 0 Å². The van der Waals surface area contributed by atoms with Crippen LogP contribution in [-0.2, 0) is 0 Å². The number of hydrogen-bond acceptors (Lipinski definition) is 4. The molecule has 7 heteroatoms. The SMILES string of the molecule is O=C(c1ccc(=O)oc1)N1CCSC(c2cc(F)ccc2F)CC1. The second kappa shape index (κ2) is 7.17. The van der Waals surface area contributed by atoms with E-state index in [0.29, 0.717) is 36.4 Å². The van der Waals surface area contributed by atoms with E-state index in [1.165, 1.54) is 30.0 Å².